The van der Waals surface area contributed by atoms with Crippen LogP contribution >= 0.6 is 0 Å². The minimum absolute atomic E-state index is 0.0162. The van der Waals surface area contributed by atoms with Crippen molar-refractivity contribution in [1.82, 2.24) is 24.7 Å². The number of hydrogen-bond acceptors (Lipinski definition) is 6. The molecule has 0 bridgehead atoms. The van der Waals surface area contributed by atoms with Gasteiger partial charge in [0, 0.05) is 37.1 Å². The molecule has 1 N–H and O–H groups in total. The Morgan fingerprint density at radius 2 is 1.97 bits per heavy atom. The molecule has 1 fully saturated rings. The lowest BCUT2D eigenvalue weighted by Gasteiger charge is -2.40. The molecule has 4 aromatic rings. The highest BCUT2D eigenvalue weighted by molar-refractivity contribution is 5.86. The SMILES string of the molecule is C[C@@H]1CN(c2ccc(C#N)n3ncc(F)c23)Cc2c3cc(F)c(N4CCNC(C)(C)C4)cc3nn21. The van der Waals surface area contributed by atoms with Crippen LogP contribution in [0.2, 0.25) is 0 Å². The standard InChI is InChI=1S/C25H26F2N8/c1-15-12-33(21-5-4-16(10-28)35-24(21)19(27)11-30-35)13-23-17-8-18(26)22(9-20(17)31-34(15)23)32-7-6-29-25(2,3)14-32/h4-5,8-9,11,15,29H,6-7,12-14H2,1-3H3/t15-/m1/s1. The summed E-state index contributed by atoms with van der Waals surface area (Å²) >= 11 is 0. The van der Waals surface area contributed by atoms with Crippen LogP contribution in [0.4, 0.5) is 20.2 Å². The maximum atomic E-state index is 15.4. The molecule has 1 aromatic carbocycles. The number of nitrogens with zero attached hydrogens (tertiary/aromatic N) is 7. The Balaban J connectivity index is 1.42. The third kappa shape index (κ3) is 3.41. The van der Waals surface area contributed by atoms with Crippen molar-refractivity contribution < 1.29 is 8.78 Å². The van der Waals surface area contributed by atoms with E-state index in [1.54, 1.807) is 18.2 Å². The van der Waals surface area contributed by atoms with Crippen molar-refractivity contribution in [3.05, 3.63) is 53.5 Å². The third-order valence-corrected chi connectivity index (χ3v) is 7.07. The van der Waals surface area contributed by atoms with E-state index in [0.717, 1.165) is 35.9 Å². The normalized spacial score (nSPS) is 19.8. The molecule has 3 aromatic heterocycles. The average molecular weight is 477 g/mol. The Morgan fingerprint density at radius 3 is 2.74 bits per heavy atom. The number of anilines is 2. The number of aromatic nitrogens is 4. The van der Waals surface area contributed by atoms with Gasteiger partial charge in [-0.15, -0.1) is 0 Å². The van der Waals surface area contributed by atoms with Gasteiger partial charge in [0.25, 0.3) is 0 Å². The van der Waals surface area contributed by atoms with Gasteiger partial charge in [0.2, 0.25) is 0 Å². The zero-order valence-electron chi connectivity index (χ0n) is 19.9. The lowest BCUT2D eigenvalue weighted by atomic mass is 10.0. The minimum atomic E-state index is -0.483. The topological polar surface area (TPSA) is 77.4 Å². The lowest BCUT2D eigenvalue weighted by Crippen LogP contribution is -2.57. The van der Waals surface area contributed by atoms with Crippen molar-refractivity contribution in [2.24, 2.45) is 0 Å². The van der Waals surface area contributed by atoms with Crippen LogP contribution < -0.4 is 15.1 Å². The first-order chi connectivity index (χ1) is 16.8. The van der Waals surface area contributed by atoms with Crippen molar-refractivity contribution in [2.45, 2.75) is 38.9 Å². The highest BCUT2D eigenvalue weighted by atomic mass is 19.1. The van der Waals surface area contributed by atoms with Gasteiger partial charge in [0.15, 0.2) is 5.82 Å². The van der Waals surface area contributed by atoms with Crippen molar-refractivity contribution in [3.63, 3.8) is 0 Å². The molecule has 180 valence electrons. The third-order valence-electron chi connectivity index (χ3n) is 7.07. The van der Waals surface area contributed by atoms with Crippen molar-refractivity contribution in [3.8, 4) is 6.07 Å². The van der Waals surface area contributed by atoms with E-state index in [1.807, 2.05) is 22.6 Å². The Bertz CT molecular complexity index is 1510. The predicted molar refractivity (Wildman–Crippen MR) is 130 cm³/mol. The molecule has 10 heteroatoms. The van der Waals surface area contributed by atoms with Crippen LogP contribution in [-0.2, 0) is 6.54 Å². The van der Waals surface area contributed by atoms with E-state index in [4.69, 9.17) is 5.10 Å². The summed E-state index contributed by atoms with van der Waals surface area (Å²) in [6.45, 7) is 9.54. The molecule has 0 spiro atoms. The quantitative estimate of drug-likeness (QED) is 0.476. The maximum Gasteiger partial charge on any atom is 0.171 e. The van der Waals surface area contributed by atoms with Gasteiger partial charge in [-0.05, 0) is 45.0 Å². The monoisotopic (exact) mass is 476 g/mol. The van der Waals surface area contributed by atoms with Crippen molar-refractivity contribution in [1.29, 1.82) is 5.26 Å². The van der Waals surface area contributed by atoms with E-state index in [9.17, 15) is 9.65 Å². The van der Waals surface area contributed by atoms with E-state index in [-0.39, 0.29) is 28.6 Å². The van der Waals surface area contributed by atoms with E-state index in [1.165, 1.54) is 4.52 Å². The number of benzene rings is 1. The first-order valence-electron chi connectivity index (χ1n) is 11.8. The second-order valence-electron chi connectivity index (χ2n) is 10.1. The fraction of sp³-hybridized carbons (Fsp3) is 0.400. The van der Waals surface area contributed by atoms with Crippen LogP contribution in [0.1, 0.15) is 38.2 Å². The van der Waals surface area contributed by atoms with Crippen LogP contribution in [0.25, 0.3) is 16.4 Å². The summed E-state index contributed by atoms with van der Waals surface area (Å²) in [5.74, 6) is -0.748. The molecule has 1 saturated heterocycles. The second kappa shape index (κ2) is 7.65. The molecule has 0 radical (unpaired) electrons. The average Bonchev–Trinajstić information content (AvgIpc) is 3.38. The summed E-state index contributed by atoms with van der Waals surface area (Å²) in [7, 11) is 0. The summed E-state index contributed by atoms with van der Waals surface area (Å²) in [5, 5.41) is 22.5. The number of halogens is 2. The van der Waals surface area contributed by atoms with E-state index < -0.39 is 5.82 Å². The molecule has 0 aliphatic carbocycles. The van der Waals surface area contributed by atoms with Gasteiger partial charge < -0.3 is 15.1 Å². The van der Waals surface area contributed by atoms with Gasteiger partial charge in [0.05, 0.1) is 41.4 Å². The molecular formula is C25H26F2N8. The van der Waals surface area contributed by atoms with Crippen LogP contribution in [0, 0.1) is 23.0 Å². The molecule has 35 heavy (non-hydrogen) atoms. The summed E-state index contributed by atoms with van der Waals surface area (Å²) in [5.41, 5.74) is 3.28. The van der Waals surface area contributed by atoms with Crippen LogP contribution in [-0.4, -0.2) is 51.1 Å². The summed E-state index contributed by atoms with van der Waals surface area (Å²) in [4.78, 5) is 4.13. The van der Waals surface area contributed by atoms with E-state index in [0.29, 0.717) is 31.0 Å². The number of hydrogen-bond donors (Lipinski definition) is 1. The highest BCUT2D eigenvalue weighted by Gasteiger charge is 2.31. The van der Waals surface area contributed by atoms with Crippen molar-refractivity contribution >= 4 is 27.8 Å². The van der Waals surface area contributed by atoms with E-state index >= 15 is 4.39 Å². The zero-order chi connectivity index (χ0) is 24.5. The smallest absolute Gasteiger partial charge is 0.171 e. The number of piperazine rings is 1. The highest BCUT2D eigenvalue weighted by Crippen LogP contribution is 2.36. The zero-order valence-corrected chi connectivity index (χ0v) is 19.9. The van der Waals surface area contributed by atoms with Crippen LogP contribution in [0.5, 0.6) is 0 Å². The molecule has 2 aliphatic heterocycles. The molecule has 6 rings (SSSR count). The maximum absolute atomic E-state index is 15.4. The van der Waals surface area contributed by atoms with Gasteiger partial charge in [-0.25, -0.2) is 13.3 Å². The van der Waals surface area contributed by atoms with E-state index in [2.05, 4.69) is 35.2 Å². The van der Waals surface area contributed by atoms with Crippen molar-refractivity contribution in [2.75, 3.05) is 36.0 Å². The number of rotatable bonds is 2. The molecular weight excluding hydrogens is 450 g/mol. The minimum Gasteiger partial charge on any atom is -0.366 e. The van der Waals surface area contributed by atoms with Crippen LogP contribution in [0.15, 0.2) is 30.5 Å². The first-order valence-corrected chi connectivity index (χ1v) is 11.8. The number of pyridine rings is 1. The summed E-state index contributed by atoms with van der Waals surface area (Å²) in [6.07, 6.45) is 1.13. The number of nitrogens with one attached hydrogen (secondary N) is 1. The first kappa shape index (κ1) is 21.8. The largest absolute Gasteiger partial charge is 0.366 e. The Kier molecular flexibility index (Phi) is 4.76. The van der Waals surface area contributed by atoms with Gasteiger partial charge in [-0.3, -0.25) is 4.68 Å². The molecule has 0 saturated carbocycles. The molecule has 5 heterocycles. The van der Waals surface area contributed by atoms with Crippen LogP contribution in [0.3, 0.4) is 0 Å². The molecule has 8 nitrogen and oxygen atoms in total. The summed E-state index contributed by atoms with van der Waals surface area (Å²) < 4.78 is 33.4. The summed E-state index contributed by atoms with van der Waals surface area (Å²) in [6, 6.07) is 8.87. The van der Waals surface area contributed by atoms with Gasteiger partial charge in [-0.1, -0.05) is 0 Å². The number of fused-ring (bicyclic) bond motifs is 4. The second-order valence-corrected chi connectivity index (χ2v) is 10.1. The Morgan fingerprint density at radius 1 is 1.14 bits per heavy atom. The molecule has 1 atom stereocenters. The lowest BCUT2D eigenvalue weighted by molar-refractivity contribution is 0.351. The Labute approximate surface area is 201 Å². The Hall–Kier alpha value is -3.71. The molecule has 2 aliphatic rings. The predicted octanol–water partition coefficient (Wildman–Crippen LogP) is 3.60. The fourth-order valence-electron chi connectivity index (χ4n) is 5.49. The molecule has 0 unspecified atom stereocenters. The fourth-order valence-corrected chi connectivity index (χ4v) is 5.49. The number of nitriles is 1. The molecule has 0 amide bonds. The van der Waals surface area contributed by atoms with Gasteiger partial charge in [0.1, 0.15) is 23.1 Å². The van der Waals surface area contributed by atoms with Gasteiger partial charge in [-0.2, -0.15) is 15.5 Å². The van der Waals surface area contributed by atoms with Gasteiger partial charge >= 0.3 is 0 Å².